The molecule has 17 nitrogen and oxygen atoms in total. The summed E-state index contributed by atoms with van der Waals surface area (Å²) in [7, 11) is -9.99. The Balaban J connectivity index is 5.43. The van der Waals surface area contributed by atoms with Gasteiger partial charge in [-0.3, -0.25) is 37.3 Å². The normalized spacial score (nSPS) is 14.7. The van der Waals surface area contributed by atoms with Gasteiger partial charge in [0.1, 0.15) is 19.3 Å². The van der Waals surface area contributed by atoms with E-state index in [4.69, 9.17) is 37.0 Å². The Morgan fingerprint density at radius 1 is 0.279 bits per heavy atom. The van der Waals surface area contributed by atoms with Crippen molar-refractivity contribution in [2.75, 3.05) is 39.6 Å². The molecule has 5 unspecified atom stereocenters. The molecule has 104 heavy (non-hydrogen) atoms. The van der Waals surface area contributed by atoms with E-state index in [0.29, 0.717) is 32.1 Å². The monoisotopic (exact) mass is 1490 g/mol. The predicted octanol–water partition coefficient (Wildman–Crippen LogP) is 23.2. The van der Waals surface area contributed by atoms with E-state index in [2.05, 4.69) is 174 Å². The molecule has 0 saturated carbocycles. The number of hydrogen-bond acceptors (Lipinski definition) is 15. The Bertz CT molecular complexity index is 2590. The number of phosphoric acid groups is 2. The molecule has 0 saturated heterocycles. The van der Waals surface area contributed by atoms with Crippen LogP contribution in [0, 0.1) is 0 Å². The highest BCUT2D eigenvalue weighted by Gasteiger charge is 2.30. The molecule has 19 heteroatoms. The summed E-state index contributed by atoms with van der Waals surface area (Å²) in [5, 5.41) is 10.6. The zero-order valence-corrected chi connectivity index (χ0v) is 66.4. The van der Waals surface area contributed by atoms with Crippen molar-refractivity contribution in [1.29, 1.82) is 0 Å². The molecule has 0 aromatic rings. The van der Waals surface area contributed by atoms with Gasteiger partial charge in [0.15, 0.2) is 12.2 Å². The van der Waals surface area contributed by atoms with Gasteiger partial charge >= 0.3 is 39.5 Å². The van der Waals surface area contributed by atoms with Crippen LogP contribution in [0.4, 0.5) is 0 Å². The number of hydrogen-bond donors (Lipinski definition) is 3. The Morgan fingerprint density at radius 3 is 0.817 bits per heavy atom. The highest BCUT2D eigenvalue weighted by atomic mass is 31.2. The van der Waals surface area contributed by atoms with Crippen molar-refractivity contribution in [2.24, 2.45) is 0 Å². The molecule has 0 rings (SSSR count). The van der Waals surface area contributed by atoms with Crippen molar-refractivity contribution in [2.45, 2.75) is 316 Å². The number of esters is 4. The molecule has 592 valence electrons. The van der Waals surface area contributed by atoms with Gasteiger partial charge in [-0.1, -0.05) is 269 Å². The van der Waals surface area contributed by atoms with Crippen LogP contribution in [0.3, 0.4) is 0 Å². The second kappa shape index (κ2) is 75.9. The summed E-state index contributed by atoms with van der Waals surface area (Å²) in [6, 6.07) is 0. The summed E-state index contributed by atoms with van der Waals surface area (Å²) in [6.45, 7) is 4.40. The quantitative estimate of drug-likeness (QED) is 0.0169. The highest BCUT2D eigenvalue weighted by molar-refractivity contribution is 7.47. The molecule has 0 aromatic heterocycles. The van der Waals surface area contributed by atoms with E-state index in [1.807, 2.05) is 12.2 Å². The number of allylic oxidation sites excluding steroid dienone is 26. The van der Waals surface area contributed by atoms with Crippen molar-refractivity contribution >= 4 is 39.5 Å². The molecular weight excluding hydrogens is 1350 g/mol. The van der Waals surface area contributed by atoms with Gasteiger partial charge in [-0.15, -0.1) is 0 Å². The van der Waals surface area contributed by atoms with Gasteiger partial charge in [0.05, 0.1) is 26.4 Å². The van der Waals surface area contributed by atoms with Gasteiger partial charge in [0.25, 0.3) is 0 Å². The second-order valence-electron chi connectivity index (χ2n) is 25.9. The largest absolute Gasteiger partial charge is 0.472 e. The van der Waals surface area contributed by atoms with E-state index in [-0.39, 0.29) is 25.7 Å². The highest BCUT2D eigenvalue weighted by Crippen LogP contribution is 2.45. The van der Waals surface area contributed by atoms with Crippen LogP contribution in [0.5, 0.6) is 0 Å². The van der Waals surface area contributed by atoms with Gasteiger partial charge in [0.2, 0.25) is 0 Å². The SMILES string of the molecule is CC/C=C\C/C=C\C/C=C\C/C=C\C/C=C\CCCC(=O)OCC(COP(=O)(O)OCC(O)COP(=O)(O)OCC(COC(=O)CCCCCCCC/C=C\C/C=C\C/C=C\C/C=C\CC)OC(=O)CCCCCCC/C=C\C/C=C\C/C=C\CC)OC(=O)CCCCCCC/C=C\CCCCCC. The van der Waals surface area contributed by atoms with Crippen LogP contribution in [-0.2, 0) is 65.4 Å². The van der Waals surface area contributed by atoms with Crippen molar-refractivity contribution < 1.29 is 80.2 Å². The van der Waals surface area contributed by atoms with Crippen LogP contribution in [0.2, 0.25) is 0 Å². The van der Waals surface area contributed by atoms with E-state index in [9.17, 15) is 43.2 Å². The van der Waals surface area contributed by atoms with E-state index in [0.717, 1.165) is 186 Å². The summed E-state index contributed by atoms with van der Waals surface area (Å²) < 4.78 is 68.5. The topological polar surface area (TPSA) is 237 Å². The third kappa shape index (κ3) is 74.9. The van der Waals surface area contributed by atoms with E-state index < -0.39 is 97.5 Å². The Labute approximate surface area is 629 Å². The van der Waals surface area contributed by atoms with Crippen LogP contribution in [-0.4, -0.2) is 96.7 Å². The maximum Gasteiger partial charge on any atom is 0.472 e. The number of rotatable bonds is 73. The lowest BCUT2D eigenvalue weighted by Gasteiger charge is -2.21. The van der Waals surface area contributed by atoms with E-state index in [1.165, 1.54) is 25.7 Å². The first-order chi connectivity index (χ1) is 50.7. The van der Waals surface area contributed by atoms with Crippen LogP contribution >= 0.6 is 15.6 Å². The third-order valence-electron chi connectivity index (χ3n) is 16.0. The number of unbranched alkanes of at least 4 members (excludes halogenated alkanes) is 21. The maximum atomic E-state index is 13.1. The summed E-state index contributed by atoms with van der Waals surface area (Å²) in [6.07, 6.45) is 88.0. The molecule has 0 radical (unpaired) electrons. The summed E-state index contributed by atoms with van der Waals surface area (Å²) in [4.78, 5) is 73.0. The number of aliphatic hydroxyl groups excluding tert-OH is 1. The molecule has 0 amide bonds. The van der Waals surface area contributed by atoms with Gasteiger partial charge in [-0.25, -0.2) is 9.13 Å². The van der Waals surface area contributed by atoms with Gasteiger partial charge in [0, 0.05) is 25.7 Å². The molecule has 0 heterocycles. The first-order valence-corrected chi connectivity index (χ1v) is 42.7. The minimum absolute atomic E-state index is 0.0658. The summed E-state index contributed by atoms with van der Waals surface area (Å²) in [5.41, 5.74) is 0. The molecule has 0 aliphatic carbocycles. The molecule has 0 aliphatic heterocycles. The van der Waals surface area contributed by atoms with E-state index in [1.54, 1.807) is 0 Å². The molecule has 5 atom stereocenters. The average Bonchev–Trinajstić information content (AvgIpc) is 0.918. The molecule has 0 fully saturated rings. The molecule has 0 spiro atoms. The number of carbonyl (C=O) groups excluding carboxylic acids is 4. The van der Waals surface area contributed by atoms with Gasteiger partial charge < -0.3 is 33.8 Å². The van der Waals surface area contributed by atoms with Gasteiger partial charge in [-0.2, -0.15) is 0 Å². The lowest BCUT2D eigenvalue weighted by atomic mass is 10.1. The maximum absolute atomic E-state index is 13.1. The number of aliphatic hydroxyl groups is 1. The lowest BCUT2D eigenvalue weighted by molar-refractivity contribution is -0.161. The lowest BCUT2D eigenvalue weighted by Crippen LogP contribution is -2.30. The fourth-order valence-corrected chi connectivity index (χ4v) is 11.6. The second-order valence-corrected chi connectivity index (χ2v) is 28.8. The molecule has 0 aliphatic rings. The third-order valence-corrected chi connectivity index (χ3v) is 17.9. The number of phosphoric ester groups is 2. The zero-order valence-electron chi connectivity index (χ0n) is 64.6. The summed E-state index contributed by atoms with van der Waals surface area (Å²) >= 11 is 0. The number of carbonyl (C=O) groups is 4. The number of ether oxygens (including phenoxy) is 4. The first-order valence-electron chi connectivity index (χ1n) is 39.7. The average molecular weight is 1500 g/mol. The molecule has 0 aromatic carbocycles. The standard InChI is InChI=1S/C85H140O17P2/c1-5-9-13-17-21-25-29-33-36-38-39-41-44-47-50-54-58-62-66-70-83(88)96-76-81(102-85(90)72-68-64-60-56-52-48-42-35-31-27-23-19-15-11-7-3)78-100-104(93,94)98-74-79(86)73-97-103(91,92)99-77-80(101-84(89)71-67-63-59-55-51-45-32-28-24-20-16-12-8-4)75-95-82(87)69-65-61-57-53-49-46-43-40-37-34-30-26-22-18-14-10-6-2/h9-11,13-15,21-23,25-28,32-37,39,41-43,46,53,57,79-81,86H,5-8,12,16-20,24,29-31,38,40,44-45,47-52,54-56,58-78H2,1-4H3,(H,91,92)(H,93,94)/b13-9-,14-10-,15-11-,25-21-,26-22-,27-23-,32-28-,36-33-,37-34-,41-39-,42-35-,46-43-,57-53-. The first kappa shape index (κ1) is 98.7. The van der Waals surface area contributed by atoms with Crippen LogP contribution in [0.25, 0.3) is 0 Å². The predicted molar refractivity (Wildman–Crippen MR) is 427 cm³/mol. The fourth-order valence-electron chi connectivity index (χ4n) is 10.0. The minimum Gasteiger partial charge on any atom is -0.462 e. The fraction of sp³-hybridized carbons (Fsp3) is 0.647. The smallest absolute Gasteiger partial charge is 0.462 e. The zero-order chi connectivity index (χ0) is 76.0. The van der Waals surface area contributed by atoms with Gasteiger partial charge in [-0.05, 0) is 161 Å². The van der Waals surface area contributed by atoms with Crippen molar-refractivity contribution in [3.63, 3.8) is 0 Å². The van der Waals surface area contributed by atoms with E-state index >= 15 is 0 Å². The molecule has 0 bridgehead atoms. The minimum atomic E-state index is -5.00. The Morgan fingerprint density at radius 2 is 0.510 bits per heavy atom. The summed E-state index contributed by atoms with van der Waals surface area (Å²) in [5.74, 6) is -2.29. The van der Waals surface area contributed by atoms with Crippen molar-refractivity contribution in [3.05, 3.63) is 158 Å². The van der Waals surface area contributed by atoms with Crippen LogP contribution in [0.1, 0.15) is 297 Å². The Kier molecular flexibility index (Phi) is 72.0. The van der Waals surface area contributed by atoms with Crippen molar-refractivity contribution in [1.82, 2.24) is 0 Å². The van der Waals surface area contributed by atoms with Crippen LogP contribution in [0.15, 0.2) is 158 Å². The van der Waals surface area contributed by atoms with Crippen molar-refractivity contribution in [3.8, 4) is 0 Å². The Hall–Kier alpha value is -5.32. The molecule has 3 N–H and O–H groups in total. The van der Waals surface area contributed by atoms with Crippen LogP contribution < -0.4 is 0 Å². The molecular formula is C85H140O17P2.